The van der Waals surface area contributed by atoms with Crippen molar-refractivity contribution in [2.45, 2.75) is 5.37 Å². The number of carbonyl (C=O) groups is 1. The van der Waals surface area contributed by atoms with Crippen molar-refractivity contribution in [3.05, 3.63) is 0 Å². The van der Waals surface area contributed by atoms with Gasteiger partial charge in [0, 0.05) is 0 Å². The van der Waals surface area contributed by atoms with E-state index in [9.17, 15) is 4.79 Å². The zero-order valence-electron chi connectivity index (χ0n) is 3.96. The highest BCUT2D eigenvalue weighted by molar-refractivity contribution is 7.81. The Morgan fingerprint density at radius 1 is 1.88 bits per heavy atom. The lowest BCUT2D eigenvalue weighted by atomic mass is 10.6. The summed E-state index contributed by atoms with van der Waals surface area (Å²) in [5.74, 6) is -0.110. The summed E-state index contributed by atoms with van der Waals surface area (Å²) in [5, 5.41) is 1.68. The summed E-state index contributed by atoms with van der Waals surface area (Å²) in [5.41, 5.74) is 5.08. The second-order valence-corrected chi connectivity index (χ2v) is 1.87. The number of nitrogens with two attached hydrogens (primary N) is 1. The van der Waals surface area contributed by atoms with Crippen LogP contribution in [0.15, 0.2) is 4.99 Å². The summed E-state index contributed by atoms with van der Waals surface area (Å²) in [6, 6.07) is 0. The van der Waals surface area contributed by atoms with Crippen LogP contribution < -0.4 is 11.1 Å². The molecule has 1 aliphatic heterocycles. The van der Waals surface area contributed by atoms with Crippen LogP contribution >= 0.6 is 12.6 Å². The Morgan fingerprint density at radius 2 is 2.50 bits per heavy atom. The fraction of sp³-hybridized carbons (Fsp3) is 0.333. The SMILES string of the molecule is NC1=NC(S)C(=O)N1. The molecule has 8 heavy (non-hydrogen) atoms. The maximum Gasteiger partial charge on any atom is 0.261 e. The molecule has 0 fully saturated rings. The average molecular weight is 131 g/mol. The molecule has 1 aliphatic rings. The van der Waals surface area contributed by atoms with E-state index >= 15 is 0 Å². The highest BCUT2D eigenvalue weighted by Gasteiger charge is 2.19. The van der Waals surface area contributed by atoms with Gasteiger partial charge >= 0.3 is 0 Å². The van der Waals surface area contributed by atoms with Gasteiger partial charge in [-0.1, -0.05) is 0 Å². The average Bonchev–Trinajstić information content (AvgIpc) is 1.85. The van der Waals surface area contributed by atoms with Crippen molar-refractivity contribution >= 4 is 24.5 Å². The predicted molar refractivity (Wildman–Crippen MR) is 32.5 cm³/mol. The molecule has 3 N–H and O–H groups in total. The summed E-state index contributed by atoms with van der Waals surface area (Å²) in [6.45, 7) is 0. The normalized spacial score (nSPS) is 27.4. The fourth-order valence-electron chi connectivity index (χ4n) is 0.413. The molecule has 1 amide bonds. The van der Waals surface area contributed by atoms with Crippen LogP contribution in [0.2, 0.25) is 0 Å². The molecule has 0 aromatic carbocycles. The number of hydrogen-bond donors (Lipinski definition) is 3. The quantitative estimate of drug-likeness (QED) is 0.357. The third kappa shape index (κ3) is 0.764. The summed E-state index contributed by atoms with van der Waals surface area (Å²) < 4.78 is 0. The van der Waals surface area contributed by atoms with Crippen molar-refractivity contribution in [3.8, 4) is 0 Å². The van der Waals surface area contributed by atoms with E-state index in [1.165, 1.54) is 0 Å². The van der Waals surface area contributed by atoms with E-state index in [1.54, 1.807) is 0 Å². The third-order valence-electron chi connectivity index (χ3n) is 0.747. The molecule has 0 bridgehead atoms. The lowest BCUT2D eigenvalue weighted by Crippen LogP contribution is -2.31. The zero-order valence-corrected chi connectivity index (χ0v) is 4.85. The highest BCUT2D eigenvalue weighted by atomic mass is 32.1. The number of amides is 1. The standard InChI is InChI=1S/C3H5N3OS/c4-3-5-1(7)2(8)6-3/h2,8H,(H3,4,5,6,7). The molecule has 1 heterocycles. The van der Waals surface area contributed by atoms with Crippen LogP contribution in [-0.2, 0) is 4.79 Å². The number of carbonyl (C=O) groups excluding carboxylic acids is 1. The van der Waals surface area contributed by atoms with E-state index in [0.29, 0.717) is 0 Å². The van der Waals surface area contributed by atoms with Crippen molar-refractivity contribution in [2.75, 3.05) is 0 Å². The van der Waals surface area contributed by atoms with Gasteiger partial charge in [0.05, 0.1) is 0 Å². The van der Waals surface area contributed by atoms with Crippen LogP contribution in [0, 0.1) is 0 Å². The van der Waals surface area contributed by atoms with Gasteiger partial charge in [0.15, 0.2) is 11.3 Å². The second-order valence-electron chi connectivity index (χ2n) is 1.38. The molecule has 0 aliphatic carbocycles. The molecule has 0 radical (unpaired) electrons. The molecular weight excluding hydrogens is 126 g/mol. The van der Waals surface area contributed by atoms with E-state index in [-0.39, 0.29) is 11.9 Å². The molecule has 0 spiro atoms. The van der Waals surface area contributed by atoms with Gasteiger partial charge in [-0.05, 0) is 0 Å². The highest BCUT2D eigenvalue weighted by Crippen LogP contribution is 2.00. The molecule has 1 rings (SSSR count). The van der Waals surface area contributed by atoms with Gasteiger partial charge in [-0.25, -0.2) is 4.99 Å². The monoisotopic (exact) mass is 131 g/mol. The van der Waals surface area contributed by atoms with Crippen molar-refractivity contribution in [2.24, 2.45) is 10.7 Å². The van der Waals surface area contributed by atoms with Gasteiger partial charge in [0.1, 0.15) is 0 Å². The van der Waals surface area contributed by atoms with Crippen LogP contribution in [0.4, 0.5) is 0 Å². The van der Waals surface area contributed by atoms with Gasteiger partial charge < -0.3 is 5.73 Å². The van der Waals surface area contributed by atoms with Crippen molar-refractivity contribution in [3.63, 3.8) is 0 Å². The van der Waals surface area contributed by atoms with Crippen LogP contribution in [0.5, 0.6) is 0 Å². The molecule has 1 unspecified atom stereocenters. The maximum absolute atomic E-state index is 10.4. The molecule has 1 atom stereocenters. The topological polar surface area (TPSA) is 67.5 Å². The number of nitrogens with zero attached hydrogens (tertiary/aromatic N) is 1. The minimum Gasteiger partial charge on any atom is -0.370 e. The summed E-state index contributed by atoms with van der Waals surface area (Å²) in [4.78, 5) is 14.0. The summed E-state index contributed by atoms with van der Waals surface area (Å²) >= 11 is 3.77. The number of aliphatic imine (C=N–C) groups is 1. The lowest BCUT2D eigenvalue weighted by Gasteiger charge is -1.88. The number of rotatable bonds is 0. The second kappa shape index (κ2) is 1.66. The lowest BCUT2D eigenvalue weighted by molar-refractivity contribution is -0.118. The van der Waals surface area contributed by atoms with Crippen molar-refractivity contribution in [1.82, 2.24) is 5.32 Å². The Bertz CT molecular complexity index is 155. The molecule has 0 aromatic heterocycles. The molecule has 0 saturated carbocycles. The van der Waals surface area contributed by atoms with Crippen molar-refractivity contribution < 1.29 is 4.79 Å². The van der Waals surface area contributed by atoms with Gasteiger partial charge in [-0.15, -0.1) is 12.6 Å². The van der Waals surface area contributed by atoms with E-state index in [0.717, 1.165) is 0 Å². The molecule has 44 valence electrons. The Labute approximate surface area is 51.6 Å². The number of thiol groups is 1. The Hall–Kier alpha value is -0.710. The van der Waals surface area contributed by atoms with Gasteiger partial charge in [-0.3, -0.25) is 10.1 Å². The van der Waals surface area contributed by atoms with Crippen LogP contribution in [0.1, 0.15) is 0 Å². The van der Waals surface area contributed by atoms with Gasteiger partial charge in [0.2, 0.25) is 0 Å². The van der Waals surface area contributed by atoms with Crippen LogP contribution in [0.25, 0.3) is 0 Å². The first-order valence-corrected chi connectivity index (χ1v) is 2.54. The first-order valence-electron chi connectivity index (χ1n) is 2.02. The van der Waals surface area contributed by atoms with E-state index < -0.39 is 5.37 Å². The largest absolute Gasteiger partial charge is 0.370 e. The first-order chi connectivity index (χ1) is 3.70. The van der Waals surface area contributed by atoms with E-state index in [1.807, 2.05) is 0 Å². The third-order valence-corrected chi connectivity index (χ3v) is 1.10. The first kappa shape index (κ1) is 5.43. The summed E-state index contributed by atoms with van der Waals surface area (Å²) in [7, 11) is 0. The number of hydrogen-bond acceptors (Lipinski definition) is 4. The van der Waals surface area contributed by atoms with E-state index in [4.69, 9.17) is 5.73 Å². The van der Waals surface area contributed by atoms with Crippen LogP contribution in [-0.4, -0.2) is 17.2 Å². The van der Waals surface area contributed by atoms with Crippen LogP contribution in [0.3, 0.4) is 0 Å². The Balaban J connectivity index is 2.69. The minimum absolute atomic E-state index is 0.148. The molecular formula is C3H5N3OS. The predicted octanol–water partition coefficient (Wildman–Crippen LogP) is -1.31. The van der Waals surface area contributed by atoms with Gasteiger partial charge in [0.25, 0.3) is 5.91 Å². The Kier molecular flexibility index (Phi) is 1.13. The maximum atomic E-state index is 10.4. The molecule has 0 aromatic rings. The Morgan fingerprint density at radius 3 is 2.62 bits per heavy atom. The van der Waals surface area contributed by atoms with E-state index in [2.05, 4.69) is 22.9 Å². The minimum atomic E-state index is -0.602. The molecule has 5 heteroatoms. The summed E-state index contributed by atoms with van der Waals surface area (Å²) in [6.07, 6.45) is 0. The number of guanidine groups is 1. The molecule has 4 nitrogen and oxygen atoms in total. The fourth-order valence-corrected chi connectivity index (χ4v) is 0.602. The van der Waals surface area contributed by atoms with Gasteiger partial charge in [-0.2, -0.15) is 0 Å². The zero-order chi connectivity index (χ0) is 6.15. The smallest absolute Gasteiger partial charge is 0.261 e. The molecule has 0 saturated heterocycles. The number of nitrogens with one attached hydrogen (secondary N) is 1. The van der Waals surface area contributed by atoms with Crippen molar-refractivity contribution in [1.29, 1.82) is 0 Å².